The Morgan fingerprint density at radius 1 is 1.05 bits per heavy atom. The average Bonchev–Trinajstić information content (AvgIpc) is 2.88. The lowest BCUT2D eigenvalue weighted by molar-refractivity contribution is 0.602. The zero-order valence-corrected chi connectivity index (χ0v) is 12.4. The predicted molar refractivity (Wildman–Crippen MR) is 83.1 cm³/mol. The van der Waals surface area contributed by atoms with Gasteiger partial charge in [-0.05, 0) is 30.3 Å². The molecule has 3 aromatic rings. The molecule has 2 aromatic carbocycles. The van der Waals surface area contributed by atoms with Gasteiger partial charge in [-0.25, -0.2) is 8.42 Å². The van der Waals surface area contributed by atoms with E-state index in [0.717, 1.165) is 22.2 Å². The molecule has 108 valence electrons. The van der Waals surface area contributed by atoms with Gasteiger partial charge in [0.15, 0.2) is 9.84 Å². The predicted octanol–water partition coefficient (Wildman–Crippen LogP) is 3.45. The van der Waals surface area contributed by atoms with Crippen LogP contribution >= 0.6 is 0 Å². The molecule has 0 saturated heterocycles. The largest absolute Gasteiger partial charge is 0.464 e. The Morgan fingerprint density at radius 2 is 1.76 bits per heavy atom. The maximum absolute atomic E-state index is 11.4. The molecule has 21 heavy (non-hydrogen) atoms. The van der Waals surface area contributed by atoms with E-state index in [-0.39, 0.29) is 0 Å². The lowest BCUT2D eigenvalue weighted by Gasteiger charge is -2.06. The van der Waals surface area contributed by atoms with Crippen molar-refractivity contribution in [2.75, 3.05) is 11.6 Å². The van der Waals surface area contributed by atoms with Gasteiger partial charge in [-0.2, -0.15) is 0 Å². The van der Waals surface area contributed by atoms with Crippen molar-refractivity contribution in [3.63, 3.8) is 0 Å². The molecule has 0 fully saturated rings. The van der Waals surface area contributed by atoms with E-state index in [2.05, 4.69) is 5.32 Å². The number of para-hydroxylation sites is 1. The van der Waals surface area contributed by atoms with Gasteiger partial charge in [0.1, 0.15) is 5.58 Å². The Labute approximate surface area is 123 Å². The summed E-state index contributed by atoms with van der Waals surface area (Å²) in [5.41, 5.74) is 2.80. The van der Waals surface area contributed by atoms with E-state index in [1.54, 1.807) is 30.5 Å². The first-order chi connectivity index (χ1) is 10.0. The van der Waals surface area contributed by atoms with Crippen molar-refractivity contribution >= 4 is 26.5 Å². The third-order valence-electron chi connectivity index (χ3n) is 3.33. The van der Waals surface area contributed by atoms with Crippen LogP contribution in [-0.4, -0.2) is 14.7 Å². The normalized spacial score (nSPS) is 11.7. The molecule has 1 heterocycles. The third kappa shape index (κ3) is 2.92. The number of hydrogen-bond donors (Lipinski definition) is 1. The minimum absolute atomic E-state index is 0.321. The van der Waals surface area contributed by atoms with Crippen LogP contribution in [0.2, 0.25) is 0 Å². The van der Waals surface area contributed by atoms with Crippen LogP contribution < -0.4 is 5.32 Å². The van der Waals surface area contributed by atoms with Gasteiger partial charge in [0.25, 0.3) is 0 Å². The first kappa shape index (κ1) is 13.7. The lowest BCUT2D eigenvalue weighted by atomic mass is 10.2. The van der Waals surface area contributed by atoms with E-state index in [1.165, 1.54) is 6.26 Å². The van der Waals surface area contributed by atoms with Crippen molar-refractivity contribution < 1.29 is 12.8 Å². The Kier molecular flexibility index (Phi) is 3.43. The van der Waals surface area contributed by atoms with Gasteiger partial charge < -0.3 is 9.73 Å². The summed E-state index contributed by atoms with van der Waals surface area (Å²) in [5, 5.41) is 4.34. The minimum Gasteiger partial charge on any atom is -0.464 e. The van der Waals surface area contributed by atoms with E-state index in [1.807, 2.05) is 24.3 Å². The summed E-state index contributed by atoms with van der Waals surface area (Å²) in [6.45, 7) is 0.620. The minimum atomic E-state index is -3.15. The van der Waals surface area contributed by atoms with Gasteiger partial charge in [-0.15, -0.1) is 0 Å². The number of benzene rings is 2. The maximum atomic E-state index is 11.4. The van der Waals surface area contributed by atoms with Crippen LogP contribution in [0, 0.1) is 0 Å². The van der Waals surface area contributed by atoms with Crippen molar-refractivity contribution in [2.24, 2.45) is 0 Å². The van der Waals surface area contributed by atoms with E-state index in [0.29, 0.717) is 11.4 Å². The summed E-state index contributed by atoms with van der Waals surface area (Å²) in [6, 6.07) is 14.6. The van der Waals surface area contributed by atoms with Crippen LogP contribution in [-0.2, 0) is 16.4 Å². The number of fused-ring (bicyclic) bond motifs is 1. The third-order valence-corrected chi connectivity index (χ3v) is 4.46. The molecule has 0 spiro atoms. The lowest BCUT2D eigenvalue weighted by Crippen LogP contribution is -2.00. The van der Waals surface area contributed by atoms with Crippen LogP contribution in [0.25, 0.3) is 11.0 Å². The second kappa shape index (κ2) is 5.26. The molecule has 5 heteroatoms. The summed E-state index contributed by atoms with van der Waals surface area (Å²) in [6.07, 6.45) is 2.94. The van der Waals surface area contributed by atoms with E-state index in [4.69, 9.17) is 4.42 Å². The van der Waals surface area contributed by atoms with Crippen molar-refractivity contribution in [3.8, 4) is 0 Å². The molecule has 0 radical (unpaired) electrons. The number of hydrogen-bond acceptors (Lipinski definition) is 4. The van der Waals surface area contributed by atoms with Crippen LogP contribution in [0.4, 0.5) is 5.69 Å². The first-order valence-corrected chi connectivity index (χ1v) is 8.42. The number of furan rings is 1. The van der Waals surface area contributed by atoms with Gasteiger partial charge >= 0.3 is 0 Å². The molecule has 0 amide bonds. The molecule has 1 aromatic heterocycles. The molecule has 1 N–H and O–H groups in total. The van der Waals surface area contributed by atoms with Gasteiger partial charge in [0, 0.05) is 29.4 Å². The Bertz CT molecular complexity index is 864. The highest BCUT2D eigenvalue weighted by atomic mass is 32.2. The van der Waals surface area contributed by atoms with Gasteiger partial charge in [0.2, 0.25) is 0 Å². The van der Waals surface area contributed by atoms with Crippen LogP contribution in [0.15, 0.2) is 64.1 Å². The summed E-state index contributed by atoms with van der Waals surface area (Å²) in [4.78, 5) is 0.321. The molecule has 0 atom stereocenters. The summed E-state index contributed by atoms with van der Waals surface area (Å²) in [5.74, 6) is 0. The molecule has 0 aliphatic rings. The Hall–Kier alpha value is -2.27. The number of nitrogens with one attached hydrogen (secondary N) is 1. The van der Waals surface area contributed by atoms with E-state index in [9.17, 15) is 8.42 Å². The van der Waals surface area contributed by atoms with Crippen molar-refractivity contribution in [1.29, 1.82) is 0 Å². The second-order valence-electron chi connectivity index (χ2n) is 4.91. The van der Waals surface area contributed by atoms with Gasteiger partial charge in [0.05, 0.1) is 11.2 Å². The molecular weight excluding hydrogens is 286 g/mol. The highest BCUT2D eigenvalue weighted by molar-refractivity contribution is 7.90. The molecular formula is C16H15NO3S. The Balaban J connectivity index is 1.76. The van der Waals surface area contributed by atoms with Gasteiger partial charge in [-0.1, -0.05) is 18.2 Å². The fourth-order valence-electron chi connectivity index (χ4n) is 2.19. The molecule has 0 aliphatic heterocycles. The monoisotopic (exact) mass is 301 g/mol. The second-order valence-corrected chi connectivity index (χ2v) is 6.92. The number of rotatable bonds is 4. The van der Waals surface area contributed by atoms with Crippen molar-refractivity contribution in [3.05, 3.63) is 60.4 Å². The summed E-state index contributed by atoms with van der Waals surface area (Å²) in [7, 11) is -3.15. The standard InChI is InChI=1S/C16H15NO3S/c1-21(18,19)14-8-6-13(7-9-14)17-10-12-11-20-16-5-3-2-4-15(12)16/h2-9,11,17H,10H2,1H3. The molecule has 0 unspecified atom stereocenters. The highest BCUT2D eigenvalue weighted by Gasteiger charge is 2.07. The Morgan fingerprint density at radius 3 is 2.48 bits per heavy atom. The average molecular weight is 301 g/mol. The van der Waals surface area contributed by atoms with Crippen molar-refractivity contribution in [1.82, 2.24) is 0 Å². The summed E-state index contributed by atoms with van der Waals surface area (Å²) < 4.78 is 28.3. The maximum Gasteiger partial charge on any atom is 0.175 e. The fourth-order valence-corrected chi connectivity index (χ4v) is 2.82. The molecule has 0 saturated carbocycles. The van der Waals surface area contributed by atoms with Gasteiger partial charge in [-0.3, -0.25) is 0 Å². The molecule has 4 nitrogen and oxygen atoms in total. The molecule has 0 aliphatic carbocycles. The number of sulfone groups is 1. The zero-order chi connectivity index (χ0) is 14.9. The summed E-state index contributed by atoms with van der Waals surface area (Å²) >= 11 is 0. The van der Waals surface area contributed by atoms with Crippen LogP contribution in [0.1, 0.15) is 5.56 Å². The number of anilines is 1. The molecule has 0 bridgehead atoms. The molecule has 3 rings (SSSR count). The first-order valence-electron chi connectivity index (χ1n) is 6.53. The van der Waals surface area contributed by atoms with Crippen molar-refractivity contribution in [2.45, 2.75) is 11.4 Å². The zero-order valence-electron chi connectivity index (χ0n) is 11.5. The SMILES string of the molecule is CS(=O)(=O)c1ccc(NCc2coc3ccccc23)cc1. The highest BCUT2D eigenvalue weighted by Crippen LogP contribution is 2.22. The van der Waals surface area contributed by atoms with Crippen LogP contribution in [0.5, 0.6) is 0 Å². The van der Waals surface area contributed by atoms with Crippen LogP contribution in [0.3, 0.4) is 0 Å². The fraction of sp³-hybridized carbons (Fsp3) is 0.125. The van der Waals surface area contributed by atoms with E-state index < -0.39 is 9.84 Å². The topological polar surface area (TPSA) is 59.3 Å². The van der Waals surface area contributed by atoms with E-state index >= 15 is 0 Å². The quantitative estimate of drug-likeness (QED) is 0.802. The smallest absolute Gasteiger partial charge is 0.175 e.